The van der Waals surface area contributed by atoms with Crippen molar-refractivity contribution in [3.63, 3.8) is 0 Å². The third-order valence-electron chi connectivity index (χ3n) is 7.25. The maximum atomic E-state index is 6.08. The monoisotopic (exact) mass is 488 g/mol. The molecule has 1 aromatic carbocycles. The zero-order valence-electron chi connectivity index (χ0n) is 21.1. The molecule has 6 rings (SSSR count). The highest BCUT2D eigenvalue weighted by molar-refractivity contribution is 7.19. The summed E-state index contributed by atoms with van der Waals surface area (Å²) >= 11 is 1.73. The van der Waals surface area contributed by atoms with Crippen molar-refractivity contribution in [3.05, 3.63) is 46.7 Å². The Hall–Kier alpha value is -2.81. The molecule has 0 spiro atoms. The summed E-state index contributed by atoms with van der Waals surface area (Å²) in [6.45, 7) is 15.5. The van der Waals surface area contributed by atoms with E-state index in [1.807, 2.05) is 11.4 Å². The summed E-state index contributed by atoms with van der Waals surface area (Å²) < 4.78 is 10.4. The van der Waals surface area contributed by atoms with Gasteiger partial charge in [0.05, 0.1) is 17.6 Å². The number of thiophene rings is 1. The van der Waals surface area contributed by atoms with Crippen LogP contribution in [-0.4, -0.2) is 54.3 Å². The second-order valence-corrected chi connectivity index (χ2v) is 11.1. The normalized spacial score (nSPS) is 15.6. The molecule has 0 unspecified atom stereocenters. The Morgan fingerprint density at radius 1 is 1.14 bits per heavy atom. The predicted octanol–water partition coefficient (Wildman–Crippen LogP) is 5.46. The van der Waals surface area contributed by atoms with E-state index in [1.54, 1.807) is 11.3 Å². The molecular weight excluding hydrogens is 456 g/mol. The van der Waals surface area contributed by atoms with Crippen molar-refractivity contribution < 1.29 is 4.74 Å². The molecular formula is C27H32N6OS. The van der Waals surface area contributed by atoms with Crippen LogP contribution in [0.2, 0.25) is 0 Å². The van der Waals surface area contributed by atoms with Gasteiger partial charge in [0, 0.05) is 47.1 Å². The lowest BCUT2D eigenvalue weighted by molar-refractivity contribution is -0.0379. The van der Waals surface area contributed by atoms with Crippen LogP contribution in [0.5, 0.6) is 0 Å². The Morgan fingerprint density at radius 2 is 1.94 bits per heavy atom. The summed E-state index contributed by atoms with van der Waals surface area (Å²) in [5.41, 5.74) is 4.32. The van der Waals surface area contributed by atoms with Gasteiger partial charge >= 0.3 is 0 Å². The molecule has 5 heterocycles. The fourth-order valence-corrected chi connectivity index (χ4v) is 6.40. The molecule has 4 aromatic heterocycles. The Bertz CT molecular complexity index is 1550. The molecule has 0 N–H and O–H groups in total. The largest absolute Gasteiger partial charge is 0.370 e. The number of hydrogen-bond donors (Lipinski definition) is 0. The molecule has 0 bridgehead atoms. The van der Waals surface area contributed by atoms with Crippen molar-refractivity contribution in [2.24, 2.45) is 0 Å². The Kier molecular flexibility index (Phi) is 5.43. The summed E-state index contributed by atoms with van der Waals surface area (Å²) in [6, 6.07) is 8.57. The topological polar surface area (TPSA) is 60.5 Å². The lowest BCUT2D eigenvalue weighted by Crippen LogP contribution is -2.31. The molecule has 0 atom stereocenters. The fourth-order valence-electron chi connectivity index (χ4n) is 5.26. The van der Waals surface area contributed by atoms with Crippen LogP contribution in [0, 0.1) is 6.92 Å². The molecule has 5 aromatic rings. The van der Waals surface area contributed by atoms with Gasteiger partial charge in [-0.1, -0.05) is 32.0 Å². The van der Waals surface area contributed by atoms with Crippen molar-refractivity contribution in [2.75, 3.05) is 19.6 Å². The molecule has 0 saturated carbocycles. The van der Waals surface area contributed by atoms with Gasteiger partial charge in [-0.2, -0.15) is 4.52 Å². The highest BCUT2D eigenvalue weighted by Gasteiger charge is 2.31. The van der Waals surface area contributed by atoms with Gasteiger partial charge < -0.3 is 14.2 Å². The van der Waals surface area contributed by atoms with Gasteiger partial charge in [-0.15, -0.1) is 16.4 Å². The summed E-state index contributed by atoms with van der Waals surface area (Å²) in [6.07, 6.45) is 3.08. The van der Waals surface area contributed by atoms with Crippen LogP contribution in [0.15, 0.2) is 30.5 Å². The van der Waals surface area contributed by atoms with Crippen LogP contribution in [0.4, 0.5) is 0 Å². The lowest BCUT2D eigenvalue weighted by Gasteiger charge is -2.30. The summed E-state index contributed by atoms with van der Waals surface area (Å²) in [5, 5.41) is 7.30. The van der Waals surface area contributed by atoms with Crippen molar-refractivity contribution in [2.45, 2.75) is 59.8 Å². The Labute approximate surface area is 209 Å². The van der Waals surface area contributed by atoms with Gasteiger partial charge in [-0.05, 0) is 45.5 Å². The number of para-hydroxylation sites is 1. The first-order valence-electron chi connectivity index (χ1n) is 12.5. The zero-order valence-corrected chi connectivity index (χ0v) is 21.9. The number of rotatable bonds is 6. The van der Waals surface area contributed by atoms with Gasteiger partial charge in [0.15, 0.2) is 11.5 Å². The maximum absolute atomic E-state index is 6.08. The van der Waals surface area contributed by atoms with Crippen LogP contribution in [0.25, 0.3) is 38.2 Å². The van der Waals surface area contributed by atoms with E-state index in [4.69, 9.17) is 19.8 Å². The molecule has 1 aliphatic heterocycles. The summed E-state index contributed by atoms with van der Waals surface area (Å²) in [7, 11) is 0. The number of benzene rings is 1. The fraction of sp³-hybridized carbons (Fsp3) is 0.444. The van der Waals surface area contributed by atoms with Gasteiger partial charge in [0.2, 0.25) is 0 Å². The molecule has 0 fully saturated rings. The number of ether oxygens (including phenoxy) is 1. The lowest BCUT2D eigenvalue weighted by atomic mass is 9.94. The maximum Gasteiger partial charge on any atom is 0.184 e. The van der Waals surface area contributed by atoms with E-state index in [0.29, 0.717) is 6.61 Å². The van der Waals surface area contributed by atoms with Crippen molar-refractivity contribution in [1.82, 2.24) is 29.0 Å². The number of fused-ring (bicyclic) bond motifs is 6. The molecule has 0 saturated heterocycles. The number of aryl methyl sites for hydroxylation is 1. The van der Waals surface area contributed by atoms with Crippen LogP contribution < -0.4 is 0 Å². The smallest absolute Gasteiger partial charge is 0.184 e. The average molecular weight is 489 g/mol. The minimum absolute atomic E-state index is 0.190. The minimum Gasteiger partial charge on any atom is -0.370 e. The van der Waals surface area contributed by atoms with Crippen LogP contribution >= 0.6 is 11.3 Å². The zero-order chi connectivity index (χ0) is 24.3. The molecule has 35 heavy (non-hydrogen) atoms. The summed E-state index contributed by atoms with van der Waals surface area (Å²) in [4.78, 5) is 14.8. The summed E-state index contributed by atoms with van der Waals surface area (Å²) in [5.74, 6) is 1.61. The minimum atomic E-state index is -0.190. The van der Waals surface area contributed by atoms with E-state index < -0.39 is 0 Å². The van der Waals surface area contributed by atoms with E-state index in [9.17, 15) is 0 Å². The predicted molar refractivity (Wildman–Crippen MR) is 142 cm³/mol. The average Bonchev–Trinajstić information content (AvgIpc) is 3.52. The second kappa shape index (κ2) is 8.40. The highest BCUT2D eigenvalue weighted by atomic mass is 32.1. The van der Waals surface area contributed by atoms with Crippen LogP contribution in [-0.2, 0) is 24.3 Å². The van der Waals surface area contributed by atoms with Gasteiger partial charge in [0.25, 0.3) is 0 Å². The number of likely N-dealkylation sites (N-methyl/N-ethyl adjacent to an activating group) is 1. The molecule has 0 radical (unpaired) electrons. The van der Waals surface area contributed by atoms with E-state index in [2.05, 4.69) is 67.6 Å². The van der Waals surface area contributed by atoms with Gasteiger partial charge in [-0.25, -0.2) is 9.97 Å². The van der Waals surface area contributed by atoms with Crippen LogP contribution in [0.1, 0.15) is 44.0 Å². The quantitative estimate of drug-likeness (QED) is 0.318. The molecule has 182 valence electrons. The van der Waals surface area contributed by atoms with Crippen molar-refractivity contribution >= 4 is 38.1 Å². The van der Waals surface area contributed by atoms with Gasteiger partial charge in [-0.3, -0.25) is 0 Å². The third kappa shape index (κ3) is 3.75. The van der Waals surface area contributed by atoms with E-state index in [-0.39, 0.29) is 5.60 Å². The molecule has 0 aliphatic carbocycles. The molecule has 1 aliphatic rings. The van der Waals surface area contributed by atoms with Crippen LogP contribution in [0.3, 0.4) is 0 Å². The first-order chi connectivity index (χ1) is 16.9. The first kappa shape index (κ1) is 22.6. The van der Waals surface area contributed by atoms with E-state index in [1.165, 1.54) is 21.3 Å². The van der Waals surface area contributed by atoms with E-state index in [0.717, 1.165) is 65.7 Å². The van der Waals surface area contributed by atoms with E-state index >= 15 is 0 Å². The Morgan fingerprint density at radius 3 is 2.74 bits per heavy atom. The molecule has 0 amide bonds. The van der Waals surface area contributed by atoms with Gasteiger partial charge in [0.1, 0.15) is 10.7 Å². The molecule has 7 nitrogen and oxygen atoms in total. The third-order valence-corrected chi connectivity index (χ3v) is 8.35. The number of nitrogens with zero attached hydrogens (tertiary/aromatic N) is 6. The number of hydrogen-bond acceptors (Lipinski definition) is 6. The molecule has 8 heteroatoms. The van der Waals surface area contributed by atoms with Crippen molar-refractivity contribution in [3.8, 4) is 11.4 Å². The standard InChI is InChI=1S/C27H32N6OS/c1-6-31(7-2)12-13-32-15-20(18-10-8-9-11-21(18)32)24-29-25-23-19-14-27(4,5)34-16-22(19)35-26(23)28-17(3)33(25)30-24/h8-11,15H,6-7,12-14,16H2,1-5H3. The first-order valence-corrected chi connectivity index (χ1v) is 13.3. The van der Waals surface area contributed by atoms with Crippen molar-refractivity contribution in [1.29, 1.82) is 0 Å². The SMILES string of the molecule is CCN(CC)CCn1cc(-c2nc3c4c5c(sc4nc(C)n3n2)COC(C)(C)C5)c2ccccc21. The highest BCUT2D eigenvalue weighted by Crippen LogP contribution is 2.40. The Balaban J connectivity index is 1.51. The second-order valence-electron chi connectivity index (χ2n) is 10.0. The number of aromatic nitrogens is 5.